The van der Waals surface area contributed by atoms with E-state index in [0.717, 1.165) is 24.2 Å². The Kier molecular flexibility index (Phi) is 4.65. The lowest BCUT2D eigenvalue weighted by Gasteiger charge is -2.42. The van der Waals surface area contributed by atoms with Crippen LogP contribution in [-0.4, -0.2) is 21.3 Å². The average molecular weight is 411 g/mol. The van der Waals surface area contributed by atoms with E-state index in [0.29, 0.717) is 5.92 Å². The molecule has 2 nitrogen and oxygen atoms in total. The highest BCUT2D eigenvalue weighted by Gasteiger charge is 2.65. The lowest BCUT2D eigenvalue weighted by Crippen LogP contribution is -2.43. The number of hydrogen-bond donors (Lipinski definition) is 0. The third kappa shape index (κ3) is 2.65. The molecule has 4 rings (SSSR count). The molecule has 2 aliphatic carbocycles. The molecule has 1 aromatic carbocycles. The van der Waals surface area contributed by atoms with Crippen LogP contribution in [0.4, 0.5) is 0 Å². The van der Waals surface area contributed by atoms with Crippen molar-refractivity contribution in [3.05, 3.63) is 48.2 Å². The van der Waals surface area contributed by atoms with Crippen LogP contribution in [-0.2, 0) is 9.53 Å². The van der Waals surface area contributed by atoms with Crippen molar-refractivity contribution >= 4 is 40.1 Å². The van der Waals surface area contributed by atoms with Crippen LogP contribution in [0.15, 0.2) is 42.7 Å². The van der Waals surface area contributed by atoms with Gasteiger partial charge in [-0.1, -0.05) is 79.1 Å². The first-order chi connectivity index (χ1) is 12.3. The SMILES string of the molecule is CC1(C)[C@@H]2CC[C@]13CSC(=O)C(Cl)(Cl)[C@H](c1ccccc1)/C=C\O[C@@H]3C2. The molecular weight excluding hydrogens is 387 g/mol. The maximum Gasteiger partial charge on any atom is 0.225 e. The Bertz CT molecular complexity index is 731. The number of alkyl halides is 2. The molecule has 140 valence electrons. The topological polar surface area (TPSA) is 26.3 Å². The highest BCUT2D eigenvalue weighted by molar-refractivity contribution is 8.14. The van der Waals surface area contributed by atoms with Gasteiger partial charge in [0, 0.05) is 17.1 Å². The van der Waals surface area contributed by atoms with Gasteiger partial charge in [-0.15, -0.1) is 0 Å². The number of fused-ring (bicyclic) bond motifs is 1. The number of thioether (sulfide) groups is 1. The zero-order valence-electron chi connectivity index (χ0n) is 15.1. The van der Waals surface area contributed by atoms with Crippen LogP contribution in [0, 0.1) is 16.7 Å². The smallest absolute Gasteiger partial charge is 0.225 e. The first kappa shape index (κ1) is 18.7. The lowest BCUT2D eigenvalue weighted by molar-refractivity contribution is -0.111. The molecule has 5 heteroatoms. The molecule has 2 bridgehead atoms. The molecule has 1 aromatic rings. The van der Waals surface area contributed by atoms with Gasteiger partial charge in [-0.05, 0) is 42.2 Å². The molecule has 2 fully saturated rings. The van der Waals surface area contributed by atoms with Gasteiger partial charge in [-0.3, -0.25) is 4.79 Å². The molecule has 1 aliphatic heterocycles. The Balaban J connectivity index is 1.71. The van der Waals surface area contributed by atoms with Gasteiger partial charge >= 0.3 is 0 Å². The van der Waals surface area contributed by atoms with Crippen molar-refractivity contribution < 1.29 is 9.53 Å². The van der Waals surface area contributed by atoms with Gasteiger partial charge in [0.2, 0.25) is 5.12 Å². The van der Waals surface area contributed by atoms with Crippen molar-refractivity contribution in [2.45, 2.75) is 49.5 Å². The van der Waals surface area contributed by atoms with Gasteiger partial charge in [0.15, 0.2) is 4.33 Å². The van der Waals surface area contributed by atoms with Gasteiger partial charge in [0.05, 0.1) is 6.26 Å². The molecule has 0 N–H and O–H groups in total. The molecule has 2 saturated carbocycles. The zero-order chi connectivity index (χ0) is 18.6. The second kappa shape index (κ2) is 6.46. The van der Waals surface area contributed by atoms with Crippen molar-refractivity contribution in [1.82, 2.24) is 0 Å². The van der Waals surface area contributed by atoms with Crippen LogP contribution in [0.5, 0.6) is 0 Å². The van der Waals surface area contributed by atoms with Gasteiger partial charge < -0.3 is 4.74 Å². The molecule has 1 spiro atoms. The van der Waals surface area contributed by atoms with E-state index in [1.165, 1.54) is 18.2 Å². The lowest BCUT2D eigenvalue weighted by atomic mass is 9.69. The fourth-order valence-corrected chi connectivity index (χ4v) is 7.40. The van der Waals surface area contributed by atoms with Crippen LogP contribution in [0.3, 0.4) is 0 Å². The molecule has 0 saturated heterocycles. The number of hydrogen-bond acceptors (Lipinski definition) is 3. The predicted octanol–water partition coefficient (Wildman–Crippen LogP) is 5.94. The van der Waals surface area contributed by atoms with Gasteiger partial charge in [0.1, 0.15) is 6.10 Å². The summed E-state index contributed by atoms with van der Waals surface area (Å²) in [5.41, 5.74) is 1.08. The minimum absolute atomic E-state index is 0.00573. The molecule has 0 aromatic heterocycles. The first-order valence-electron chi connectivity index (χ1n) is 9.21. The van der Waals surface area contributed by atoms with Crippen molar-refractivity contribution in [3.8, 4) is 0 Å². The van der Waals surface area contributed by atoms with Crippen molar-refractivity contribution in [2.75, 3.05) is 5.75 Å². The maximum absolute atomic E-state index is 13.0. The van der Waals surface area contributed by atoms with E-state index in [-0.39, 0.29) is 22.0 Å². The number of rotatable bonds is 1. The van der Waals surface area contributed by atoms with Gasteiger partial charge in [0.25, 0.3) is 0 Å². The maximum atomic E-state index is 13.0. The fourth-order valence-electron chi connectivity index (χ4n) is 5.27. The summed E-state index contributed by atoms with van der Waals surface area (Å²) in [7, 11) is 0. The highest BCUT2D eigenvalue weighted by atomic mass is 35.5. The van der Waals surface area contributed by atoms with Crippen molar-refractivity contribution in [2.24, 2.45) is 16.7 Å². The summed E-state index contributed by atoms with van der Waals surface area (Å²) in [6.07, 6.45) is 7.13. The average Bonchev–Trinajstić information content (AvgIpc) is 2.98. The van der Waals surface area contributed by atoms with Crippen molar-refractivity contribution in [1.29, 1.82) is 0 Å². The largest absolute Gasteiger partial charge is 0.498 e. The Hall–Kier alpha value is -0.640. The van der Waals surface area contributed by atoms with E-state index in [4.69, 9.17) is 27.9 Å². The van der Waals surface area contributed by atoms with Gasteiger partial charge in [-0.25, -0.2) is 0 Å². The Morgan fingerprint density at radius 3 is 2.62 bits per heavy atom. The first-order valence-corrected chi connectivity index (χ1v) is 11.0. The van der Waals surface area contributed by atoms with Crippen LogP contribution >= 0.6 is 35.0 Å². The Morgan fingerprint density at radius 2 is 1.92 bits per heavy atom. The summed E-state index contributed by atoms with van der Waals surface area (Å²) in [6.45, 7) is 4.66. The Labute approximate surface area is 169 Å². The normalized spacial score (nSPS) is 39.1. The minimum atomic E-state index is -1.52. The molecule has 0 radical (unpaired) electrons. The summed E-state index contributed by atoms with van der Waals surface area (Å²) in [4.78, 5) is 13.0. The predicted molar refractivity (Wildman–Crippen MR) is 109 cm³/mol. The van der Waals surface area contributed by atoms with Crippen LogP contribution < -0.4 is 0 Å². The molecule has 3 aliphatic rings. The molecule has 26 heavy (non-hydrogen) atoms. The number of carbonyl (C=O) groups excluding carboxylic acids is 1. The minimum Gasteiger partial charge on any atom is -0.498 e. The molecule has 0 unspecified atom stereocenters. The second-order valence-corrected chi connectivity index (χ2v) is 10.7. The number of allylic oxidation sites excluding steroid dienone is 1. The fraction of sp³-hybridized carbons (Fsp3) is 0.571. The number of ether oxygens (including phenoxy) is 1. The third-order valence-corrected chi connectivity index (χ3v) is 9.44. The van der Waals surface area contributed by atoms with Crippen molar-refractivity contribution in [3.63, 3.8) is 0 Å². The second-order valence-electron chi connectivity index (χ2n) is 8.39. The molecule has 4 atom stereocenters. The van der Waals surface area contributed by atoms with E-state index >= 15 is 0 Å². The number of halogens is 2. The van der Waals surface area contributed by atoms with Gasteiger partial charge in [-0.2, -0.15) is 0 Å². The van der Waals surface area contributed by atoms with E-state index < -0.39 is 10.3 Å². The van der Waals surface area contributed by atoms with Crippen LogP contribution in [0.25, 0.3) is 0 Å². The number of benzene rings is 1. The quantitative estimate of drug-likeness (QED) is 0.535. The van der Waals surface area contributed by atoms with E-state index in [1.54, 1.807) is 6.26 Å². The standard InChI is InChI=1S/C21H24Cl2O2S/c1-19(2)15-8-10-20(19)13-26-18(24)21(22,23)16(9-11-25-17(20)12-15)14-6-4-3-5-7-14/h3-7,9,11,15-17H,8,10,12-13H2,1-2H3/b11-9-/t15-,16+,17-,20-/m1/s1. The summed E-state index contributed by atoms with van der Waals surface area (Å²) in [5, 5.41) is -0.166. The molecule has 0 amide bonds. The van der Waals surface area contributed by atoms with E-state index in [1.807, 2.05) is 36.4 Å². The van der Waals surface area contributed by atoms with E-state index in [9.17, 15) is 4.79 Å². The van der Waals surface area contributed by atoms with Crippen LogP contribution in [0.2, 0.25) is 0 Å². The highest BCUT2D eigenvalue weighted by Crippen LogP contribution is 2.67. The summed E-state index contributed by atoms with van der Waals surface area (Å²) in [5.74, 6) is 0.933. The van der Waals surface area contributed by atoms with E-state index in [2.05, 4.69) is 13.8 Å². The molecule has 1 heterocycles. The Morgan fingerprint density at radius 1 is 1.19 bits per heavy atom. The van der Waals surface area contributed by atoms with Crippen LogP contribution in [0.1, 0.15) is 44.6 Å². The molecular formula is C21H24Cl2O2S. The summed E-state index contributed by atoms with van der Waals surface area (Å²) >= 11 is 14.5. The summed E-state index contributed by atoms with van der Waals surface area (Å²) in [6, 6.07) is 9.68. The third-order valence-electron chi connectivity index (χ3n) is 7.15. The number of carbonyl (C=O) groups is 1. The summed E-state index contributed by atoms with van der Waals surface area (Å²) < 4.78 is 4.74. The zero-order valence-corrected chi connectivity index (χ0v) is 17.4. The monoisotopic (exact) mass is 410 g/mol.